The molecule has 2 heterocycles. The first-order valence-corrected chi connectivity index (χ1v) is 8.30. The number of carbonyl (C=O) groups excluding carboxylic acids is 2. The third-order valence-corrected chi connectivity index (χ3v) is 4.34. The van der Waals surface area contributed by atoms with Crippen LogP contribution in [0.3, 0.4) is 0 Å². The van der Waals surface area contributed by atoms with E-state index in [-0.39, 0.29) is 17.7 Å². The molecule has 0 bridgehead atoms. The second-order valence-corrected chi connectivity index (χ2v) is 6.51. The van der Waals surface area contributed by atoms with Gasteiger partial charge < -0.3 is 20.4 Å². The smallest absolute Gasteiger partial charge is 0.223 e. The van der Waals surface area contributed by atoms with Gasteiger partial charge in [-0.2, -0.15) is 0 Å². The van der Waals surface area contributed by atoms with Gasteiger partial charge in [-0.1, -0.05) is 6.07 Å². The first kappa shape index (κ1) is 18.4. The Labute approximate surface area is 143 Å². The molecule has 0 aliphatic carbocycles. The Morgan fingerprint density at radius 3 is 2.79 bits per heavy atom. The standard InChI is InChI=1S/C17H27N5O2/c1-20(13-15-5-3-4-7-19-15)8-6-16(23)22-10-9-21(2)11-14(12-22)17(18)24/h3-5,7,14H,6,8-13H2,1-2H3,(H2,18,24)/t14-/m1/s1. The summed E-state index contributed by atoms with van der Waals surface area (Å²) < 4.78 is 0. The van der Waals surface area contributed by atoms with Gasteiger partial charge in [0.25, 0.3) is 0 Å². The molecule has 0 unspecified atom stereocenters. The number of hydrogen-bond donors (Lipinski definition) is 1. The number of aromatic nitrogens is 1. The van der Waals surface area contributed by atoms with Gasteiger partial charge in [0.2, 0.25) is 11.8 Å². The first-order valence-electron chi connectivity index (χ1n) is 8.30. The number of rotatable bonds is 6. The van der Waals surface area contributed by atoms with Crippen molar-refractivity contribution in [3.8, 4) is 0 Å². The molecule has 24 heavy (non-hydrogen) atoms. The van der Waals surface area contributed by atoms with Gasteiger partial charge in [-0.05, 0) is 26.2 Å². The number of hydrogen-bond acceptors (Lipinski definition) is 5. The van der Waals surface area contributed by atoms with Crippen molar-refractivity contribution in [2.75, 3.05) is 46.8 Å². The van der Waals surface area contributed by atoms with Gasteiger partial charge >= 0.3 is 0 Å². The zero-order chi connectivity index (χ0) is 17.5. The van der Waals surface area contributed by atoms with Gasteiger partial charge in [0.05, 0.1) is 11.6 Å². The third kappa shape index (κ3) is 5.58. The Morgan fingerprint density at radius 2 is 2.12 bits per heavy atom. The highest BCUT2D eigenvalue weighted by molar-refractivity contribution is 5.80. The van der Waals surface area contributed by atoms with Crippen LogP contribution in [0.2, 0.25) is 0 Å². The van der Waals surface area contributed by atoms with Crippen molar-refractivity contribution in [2.45, 2.75) is 13.0 Å². The Hall–Kier alpha value is -1.99. The number of pyridine rings is 1. The van der Waals surface area contributed by atoms with E-state index in [0.29, 0.717) is 39.1 Å². The minimum absolute atomic E-state index is 0.0735. The van der Waals surface area contributed by atoms with Crippen LogP contribution < -0.4 is 5.73 Å². The van der Waals surface area contributed by atoms with Crippen LogP contribution in [0.5, 0.6) is 0 Å². The lowest BCUT2D eigenvalue weighted by atomic mass is 10.1. The lowest BCUT2D eigenvalue weighted by Gasteiger charge is -2.24. The summed E-state index contributed by atoms with van der Waals surface area (Å²) in [5.41, 5.74) is 6.43. The highest BCUT2D eigenvalue weighted by atomic mass is 16.2. The minimum atomic E-state index is -0.339. The SMILES string of the molecule is CN(CCC(=O)N1CCN(C)C[C@@H](C(N)=O)C1)Cc1ccccn1. The molecule has 1 aromatic rings. The van der Waals surface area contributed by atoms with Crippen LogP contribution in [0.15, 0.2) is 24.4 Å². The summed E-state index contributed by atoms with van der Waals surface area (Å²) >= 11 is 0. The van der Waals surface area contributed by atoms with Crippen molar-refractivity contribution in [2.24, 2.45) is 11.7 Å². The predicted octanol–water partition coefficient (Wildman–Crippen LogP) is -0.221. The maximum absolute atomic E-state index is 12.5. The van der Waals surface area contributed by atoms with Crippen LogP contribution in [-0.2, 0) is 16.1 Å². The maximum Gasteiger partial charge on any atom is 0.223 e. The zero-order valence-electron chi connectivity index (χ0n) is 14.5. The summed E-state index contributed by atoms with van der Waals surface area (Å²) in [4.78, 5) is 34.2. The highest BCUT2D eigenvalue weighted by Crippen LogP contribution is 2.10. The molecule has 0 saturated carbocycles. The summed E-state index contributed by atoms with van der Waals surface area (Å²) in [5.74, 6) is -0.564. The number of nitrogens with two attached hydrogens (primary N) is 1. The van der Waals surface area contributed by atoms with E-state index in [9.17, 15) is 9.59 Å². The molecule has 7 heteroatoms. The van der Waals surface area contributed by atoms with E-state index in [1.165, 1.54) is 0 Å². The number of amides is 2. The van der Waals surface area contributed by atoms with Crippen molar-refractivity contribution in [3.05, 3.63) is 30.1 Å². The predicted molar refractivity (Wildman–Crippen MR) is 91.9 cm³/mol. The fourth-order valence-corrected chi connectivity index (χ4v) is 2.87. The van der Waals surface area contributed by atoms with Crippen LogP contribution in [0, 0.1) is 5.92 Å². The average molecular weight is 333 g/mol. The number of carbonyl (C=O) groups is 2. The lowest BCUT2D eigenvalue weighted by Crippen LogP contribution is -2.41. The van der Waals surface area contributed by atoms with E-state index in [2.05, 4.69) is 14.8 Å². The molecule has 7 nitrogen and oxygen atoms in total. The molecule has 0 aromatic carbocycles. The van der Waals surface area contributed by atoms with Crippen molar-refractivity contribution in [3.63, 3.8) is 0 Å². The fraction of sp³-hybridized carbons (Fsp3) is 0.588. The van der Waals surface area contributed by atoms with Crippen molar-refractivity contribution in [1.29, 1.82) is 0 Å². The van der Waals surface area contributed by atoms with E-state index in [1.54, 1.807) is 11.1 Å². The van der Waals surface area contributed by atoms with Crippen LogP contribution in [-0.4, -0.2) is 78.3 Å². The molecule has 132 valence electrons. The number of likely N-dealkylation sites (N-methyl/N-ethyl adjacent to an activating group) is 1. The Morgan fingerprint density at radius 1 is 1.33 bits per heavy atom. The van der Waals surface area contributed by atoms with E-state index >= 15 is 0 Å². The van der Waals surface area contributed by atoms with Crippen LogP contribution in [0.25, 0.3) is 0 Å². The van der Waals surface area contributed by atoms with E-state index in [4.69, 9.17) is 5.73 Å². The summed E-state index contributed by atoms with van der Waals surface area (Å²) in [6, 6.07) is 5.82. The fourth-order valence-electron chi connectivity index (χ4n) is 2.87. The van der Waals surface area contributed by atoms with Crippen molar-refractivity contribution in [1.82, 2.24) is 19.7 Å². The zero-order valence-corrected chi connectivity index (χ0v) is 14.5. The minimum Gasteiger partial charge on any atom is -0.369 e. The quantitative estimate of drug-likeness (QED) is 0.778. The molecular weight excluding hydrogens is 306 g/mol. The normalized spacial score (nSPS) is 19.3. The monoisotopic (exact) mass is 333 g/mol. The highest BCUT2D eigenvalue weighted by Gasteiger charge is 2.27. The molecule has 2 N–H and O–H groups in total. The second-order valence-electron chi connectivity index (χ2n) is 6.51. The van der Waals surface area contributed by atoms with Gasteiger partial charge in [0.1, 0.15) is 0 Å². The Kier molecular flexibility index (Phi) is 6.69. The summed E-state index contributed by atoms with van der Waals surface area (Å²) in [6.45, 7) is 3.80. The van der Waals surface area contributed by atoms with Crippen LogP contribution in [0.4, 0.5) is 0 Å². The molecule has 1 aromatic heterocycles. The number of nitrogens with zero attached hydrogens (tertiary/aromatic N) is 4. The molecule has 1 aliphatic heterocycles. The third-order valence-electron chi connectivity index (χ3n) is 4.34. The average Bonchev–Trinajstić information content (AvgIpc) is 2.75. The van der Waals surface area contributed by atoms with Gasteiger partial charge in [0, 0.05) is 51.9 Å². The Balaban J connectivity index is 1.83. The molecule has 0 radical (unpaired) electrons. The molecule has 2 amide bonds. The van der Waals surface area contributed by atoms with E-state index in [0.717, 1.165) is 12.2 Å². The Bertz CT molecular complexity index is 551. The van der Waals surface area contributed by atoms with Crippen LogP contribution >= 0.6 is 0 Å². The molecule has 1 atom stereocenters. The molecule has 1 aliphatic rings. The summed E-state index contributed by atoms with van der Waals surface area (Å²) in [5, 5.41) is 0. The second kappa shape index (κ2) is 8.75. The summed E-state index contributed by atoms with van der Waals surface area (Å²) in [7, 11) is 3.93. The van der Waals surface area contributed by atoms with Crippen molar-refractivity contribution < 1.29 is 9.59 Å². The largest absolute Gasteiger partial charge is 0.369 e. The molecule has 0 spiro atoms. The summed E-state index contributed by atoms with van der Waals surface area (Å²) in [6.07, 6.45) is 2.20. The van der Waals surface area contributed by atoms with E-state index in [1.807, 2.05) is 32.3 Å². The molecular formula is C17H27N5O2. The number of primary amides is 1. The lowest BCUT2D eigenvalue weighted by molar-refractivity contribution is -0.132. The van der Waals surface area contributed by atoms with Crippen molar-refractivity contribution >= 4 is 11.8 Å². The maximum atomic E-state index is 12.5. The van der Waals surface area contributed by atoms with Gasteiger partial charge in [0.15, 0.2) is 0 Å². The van der Waals surface area contributed by atoms with Gasteiger partial charge in [-0.25, -0.2) is 0 Å². The van der Waals surface area contributed by atoms with E-state index < -0.39 is 0 Å². The van der Waals surface area contributed by atoms with Gasteiger partial charge in [-0.15, -0.1) is 0 Å². The van der Waals surface area contributed by atoms with Gasteiger partial charge in [-0.3, -0.25) is 14.6 Å². The first-order chi connectivity index (χ1) is 11.5. The van der Waals surface area contributed by atoms with Crippen LogP contribution in [0.1, 0.15) is 12.1 Å². The topological polar surface area (TPSA) is 82.8 Å². The molecule has 2 rings (SSSR count). The molecule has 1 saturated heterocycles. The molecule has 1 fully saturated rings.